The van der Waals surface area contributed by atoms with E-state index in [9.17, 15) is 0 Å². The summed E-state index contributed by atoms with van der Waals surface area (Å²) in [7, 11) is 1.86. The number of likely N-dealkylation sites (N-methyl/N-ethyl adjacent to an activating group) is 1. The Hall–Kier alpha value is -2.02. The van der Waals surface area contributed by atoms with Gasteiger partial charge in [0.1, 0.15) is 6.10 Å². The zero-order valence-electron chi connectivity index (χ0n) is 8.42. The van der Waals surface area contributed by atoms with Crippen molar-refractivity contribution in [3.05, 3.63) is 35.9 Å². The number of ether oxygens (including phenoxy) is 1. The van der Waals surface area contributed by atoms with Crippen LogP contribution in [-0.4, -0.2) is 24.5 Å². The summed E-state index contributed by atoms with van der Waals surface area (Å²) < 4.78 is 5.55. The molecule has 2 rings (SSSR count). The van der Waals surface area contributed by atoms with Gasteiger partial charge in [-0.15, -0.1) is 4.99 Å². The molecule has 0 radical (unpaired) electrons. The van der Waals surface area contributed by atoms with Crippen molar-refractivity contribution in [2.75, 3.05) is 13.6 Å². The first-order chi connectivity index (χ1) is 7.31. The summed E-state index contributed by atoms with van der Waals surface area (Å²) >= 11 is 0. The highest BCUT2D eigenvalue weighted by atomic mass is 16.5. The Morgan fingerprint density at radius 3 is 2.87 bits per heavy atom. The molecule has 1 aliphatic heterocycles. The Labute approximate surface area is 88.4 Å². The molecule has 1 unspecified atom stereocenters. The van der Waals surface area contributed by atoms with Gasteiger partial charge in [0.25, 0.3) is 0 Å². The maximum absolute atomic E-state index is 8.46. The maximum Gasteiger partial charge on any atom is 0.303 e. The molecule has 1 heterocycles. The quantitative estimate of drug-likeness (QED) is 0.647. The number of rotatable bonds is 1. The summed E-state index contributed by atoms with van der Waals surface area (Å²) in [6.45, 7) is 0.727. The van der Waals surface area contributed by atoms with Crippen LogP contribution >= 0.6 is 0 Å². The Bertz CT molecular complexity index is 408. The Morgan fingerprint density at radius 2 is 2.20 bits per heavy atom. The molecule has 0 spiro atoms. The van der Waals surface area contributed by atoms with E-state index in [1.54, 1.807) is 6.19 Å². The van der Waals surface area contributed by atoms with Crippen LogP contribution in [-0.2, 0) is 4.74 Å². The normalized spacial score (nSPS) is 22.5. The molecule has 0 saturated carbocycles. The molecule has 0 aromatic heterocycles. The van der Waals surface area contributed by atoms with Crippen LogP contribution in [0.2, 0.25) is 0 Å². The number of aliphatic imine (C=N–C) groups is 1. The number of amidine groups is 1. The van der Waals surface area contributed by atoms with E-state index >= 15 is 0 Å². The van der Waals surface area contributed by atoms with Crippen molar-refractivity contribution < 1.29 is 4.74 Å². The van der Waals surface area contributed by atoms with Crippen LogP contribution in [0.15, 0.2) is 35.3 Å². The second-order valence-electron chi connectivity index (χ2n) is 3.39. The zero-order valence-corrected chi connectivity index (χ0v) is 8.42. The molecule has 76 valence electrons. The fourth-order valence-corrected chi connectivity index (χ4v) is 1.58. The first kappa shape index (κ1) is 9.53. The van der Waals surface area contributed by atoms with Crippen molar-refractivity contribution in [3.63, 3.8) is 0 Å². The predicted octanol–water partition coefficient (Wildman–Crippen LogP) is 1.53. The van der Waals surface area contributed by atoms with Gasteiger partial charge in [0.15, 0.2) is 0 Å². The predicted molar refractivity (Wildman–Crippen MR) is 55.9 cm³/mol. The van der Waals surface area contributed by atoms with Crippen LogP contribution < -0.4 is 0 Å². The zero-order chi connectivity index (χ0) is 10.7. The van der Waals surface area contributed by atoms with E-state index in [-0.39, 0.29) is 6.10 Å². The lowest BCUT2D eigenvalue weighted by Gasteiger charge is -2.07. The van der Waals surface area contributed by atoms with E-state index in [1.165, 1.54) is 0 Å². The molecule has 0 bridgehead atoms. The Kier molecular flexibility index (Phi) is 2.55. The van der Waals surface area contributed by atoms with E-state index in [0.29, 0.717) is 6.02 Å². The Morgan fingerprint density at radius 1 is 1.47 bits per heavy atom. The highest BCUT2D eigenvalue weighted by molar-refractivity contribution is 5.76. The molecule has 0 amide bonds. The van der Waals surface area contributed by atoms with Crippen LogP contribution in [0.3, 0.4) is 0 Å². The molecular formula is C11H11N3O. The minimum Gasteiger partial charge on any atom is -0.454 e. The molecule has 0 aliphatic carbocycles. The molecule has 1 fully saturated rings. The van der Waals surface area contributed by atoms with Gasteiger partial charge in [0, 0.05) is 7.05 Å². The van der Waals surface area contributed by atoms with Gasteiger partial charge in [-0.3, -0.25) is 0 Å². The second kappa shape index (κ2) is 4.01. The lowest BCUT2D eigenvalue weighted by molar-refractivity contribution is 0.235. The number of benzene rings is 1. The van der Waals surface area contributed by atoms with E-state index in [4.69, 9.17) is 10.00 Å². The minimum atomic E-state index is -0.0247. The summed E-state index contributed by atoms with van der Waals surface area (Å²) in [6, 6.07) is 10.3. The first-order valence-electron chi connectivity index (χ1n) is 4.71. The number of hydrogen-bond donors (Lipinski definition) is 0. The smallest absolute Gasteiger partial charge is 0.303 e. The van der Waals surface area contributed by atoms with E-state index in [1.807, 2.05) is 42.3 Å². The van der Waals surface area contributed by atoms with Gasteiger partial charge in [0.2, 0.25) is 6.19 Å². The standard InChI is InChI=1S/C11H11N3O/c1-14-7-10(15-11(14)13-8-12)9-5-3-2-4-6-9/h2-6,10H,7H2,1H3. The van der Waals surface area contributed by atoms with Crippen molar-refractivity contribution >= 4 is 6.02 Å². The van der Waals surface area contributed by atoms with Gasteiger partial charge >= 0.3 is 6.02 Å². The van der Waals surface area contributed by atoms with Crippen molar-refractivity contribution in [1.29, 1.82) is 5.26 Å². The van der Waals surface area contributed by atoms with Crippen LogP contribution in [0.1, 0.15) is 11.7 Å². The monoisotopic (exact) mass is 201 g/mol. The molecule has 1 aliphatic rings. The highest BCUT2D eigenvalue weighted by Crippen LogP contribution is 2.24. The number of hydrogen-bond acceptors (Lipinski definition) is 3. The third-order valence-corrected chi connectivity index (χ3v) is 2.33. The molecule has 1 saturated heterocycles. The molecule has 4 nitrogen and oxygen atoms in total. The van der Waals surface area contributed by atoms with Crippen LogP contribution in [0.25, 0.3) is 0 Å². The average Bonchev–Trinajstić information content (AvgIpc) is 2.63. The summed E-state index contributed by atoms with van der Waals surface area (Å²) in [5.74, 6) is 0. The topological polar surface area (TPSA) is 48.6 Å². The summed E-state index contributed by atoms with van der Waals surface area (Å²) in [5, 5.41) is 8.46. The molecular weight excluding hydrogens is 190 g/mol. The summed E-state index contributed by atoms with van der Waals surface area (Å²) in [4.78, 5) is 5.44. The van der Waals surface area contributed by atoms with Crippen molar-refractivity contribution in [2.24, 2.45) is 4.99 Å². The lowest BCUT2D eigenvalue weighted by Crippen LogP contribution is -2.19. The molecule has 1 aromatic rings. The van der Waals surface area contributed by atoms with Gasteiger partial charge in [-0.1, -0.05) is 30.3 Å². The van der Waals surface area contributed by atoms with Crippen LogP contribution in [0, 0.1) is 11.5 Å². The number of nitrogens with zero attached hydrogens (tertiary/aromatic N) is 3. The second-order valence-corrected chi connectivity index (χ2v) is 3.39. The van der Waals surface area contributed by atoms with Crippen molar-refractivity contribution in [3.8, 4) is 6.19 Å². The molecule has 0 N–H and O–H groups in total. The van der Waals surface area contributed by atoms with Crippen molar-refractivity contribution in [1.82, 2.24) is 4.90 Å². The van der Waals surface area contributed by atoms with Gasteiger partial charge in [-0.25, -0.2) is 0 Å². The van der Waals surface area contributed by atoms with Gasteiger partial charge in [-0.2, -0.15) is 5.26 Å². The van der Waals surface area contributed by atoms with Crippen LogP contribution in [0.4, 0.5) is 0 Å². The van der Waals surface area contributed by atoms with Gasteiger partial charge < -0.3 is 9.64 Å². The minimum absolute atomic E-state index is 0.0247. The molecule has 1 aromatic carbocycles. The summed E-state index contributed by atoms with van der Waals surface area (Å²) in [5.41, 5.74) is 1.10. The van der Waals surface area contributed by atoms with E-state index in [2.05, 4.69) is 4.99 Å². The molecule has 4 heteroatoms. The Balaban J connectivity index is 2.17. The third kappa shape index (κ3) is 1.91. The fraction of sp³-hybridized carbons (Fsp3) is 0.273. The third-order valence-electron chi connectivity index (χ3n) is 2.33. The van der Waals surface area contributed by atoms with Gasteiger partial charge in [-0.05, 0) is 5.56 Å². The SMILES string of the molecule is CN1CC(c2ccccc2)OC1=NC#N. The van der Waals surface area contributed by atoms with Gasteiger partial charge in [0.05, 0.1) is 6.54 Å². The lowest BCUT2D eigenvalue weighted by atomic mass is 10.1. The largest absolute Gasteiger partial charge is 0.454 e. The summed E-state index contributed by atoms with van der Waals surface area (Å²) in [6.07, 6.45) is 1.71. The highest BCUT2D eigenvalue weighted by Gasteiger charge is 2.27. The average molecular weight is 201 g/mol. The fourth-order valence-electron chi connectivity index (χ4n) is 1.58. The molecule has 15 heavy (non-hydrogen) atoms. The van der Waals surface area contributed by atoms with E-state index < -0.39 is 0 Å². The van der Waals surface area contributed by atoms with E-state index in [0.717, 1.165) is 12.1 Å². The molecule has 1 atom stereocenters. The van der Waals surface area contributed by atoms with Crippen molar-refractivity contribution in [2.45, 2.75) is 6.10 Å². The first-order valence-corrected chi connectivity index (χ1v) is 4.71. The number of nitriles is 1. The maximum atomic E-state index is 8.46. The van der Waals surface area contributed by atoms with Crippen LogP contribution in [0.5, 0.6) is 0 Å².